The summed E-state index contributed by atoms with van der Waals surface area (Å²) in [4.78, 5) is 12.7. The number of aliphatic carboxylic acids is 1. The lowest BCUT2D eigenvalue weighted by molar-refractivity contribution is -0.138. The van der Waals surface area contributed by atoms with Crippen LogP contribution in [0.3, 0.4) is 0 Å². The Bertz CT molecular complexity index is 570. The highest BCUT2D eigenvalue weighted by Crippen LogP contribution is 2.30. The van der Waals surface area contributed by atoms with Crippen molar-refractivity contribution >= 4 is 21.7 Å². The quantitative estimate of drug-likeness (QED) is 0.827. The highest BCUT2D eigenvalue weighted by molar-refractivity contribution is 7.89. The molecule has 18 heavy (non-hydrogen) atoms. The molecule has 1 aromatic rings. The van der Waals surface area contributed by atoms with Gasteiger partial charge in [0, 0.05) is 6.54 Å². The zero-order valence-electron chi connectivity index (χ0n) is 9.61. The van der Waals surface area contributed by atoms with E-state index in [1.807, 2.05) is 0 Å². The van der Waals surface area contributed by atoms with E-state index in [2.05, 4.69) is 0 Å². The Hall–Kier alpha value is -1.60. The fourth-order valence-corrected chi connectivity index (χ4v) is 2.99. The highest BCUT2D eigenvalue weighted by Gasteiger charge is 2.33. The van der Waals surface area contributed by atoms with E-state index in [0.29, 0.717) is 18.7 Å². The van der Waals surface area contributed by atoms with Crippen molar-refractivity contribution in [1.29, 1.82) is 0 Å². The second-order valence-electron chi connectivity index (χ2n) is 4.20. The smallest absolute Gasteiger partial charge is 0.326 e. The third-order valence-electron chi connectivity index (χ3n) is 3.02. The Morgan fingerprint density at radius 3 is 2.67 bits per heavy atom. The zero-order valence-corrected chi connectivity index (χ0v) is 10.4. The topological polar surface area (TPSA) is 101 Å². The van der Waals surface area contributed by atoms with Crippen LogP contribution in [0.4, 0.5) is 5.69 Å². The SMILES string of the molecule is NS(=O)(=O)c1ccccc1N1CCCC1C(=O)O. The summed E-state index contributed by atoms with van der Waals surface area (Å²) in [5.41, 5.74) is 0.366. The van der Waals surface area contributed by atoms with Gasteiger partial charge in [-0.1, -0.05) is 12.1 Å². The van der Waals surface area contributed by atoms with E-state index >= 15 is 0 Å². The minimum Gasteiger partial charge on any atom is -0.480 e. The van der Waals surface area contributed by atoms with Crippen molar-refractivity contribution in [2.45, 2.75) is 23.8 Å². The highest BCUT2D eigenvalue weighted by atomic mass is 32.2. The number of anilines is 1. The van der Waals surface area contributed by atoms with Crippen molar-refractivity contribution in [3.8, 4) is 0 Å². The van der Waals surface area contributed by atoms with Crippen molar-refractivity contribution in [2.24, 2.45) is 5.14 Å². The number of sulfonamides is 1. The van der Waals surface area contributed by atoms with Gasteiger partial charge < -0.3 is 10.0 Å². The summed E-state index contributed by atoms with van der Waals surface area (Å²) >= 11 is 0. The first-order valence-corrected chi connectivity index (χ1v) is 7.07. The molecule has 6 nitrogen and oxygen atoms in total. The molecule has 98 valence electrons. The second-order valence-corrected chi connectivity index (χ2v) is 5.73. The Kier molecular flexibility index (Phi) is 3.27. The molecule has 0 aromatic heterocycles. The summed E-state index contributed by atoms with van der Waals surface area (Å²) in [6.07, 6.45) is 1.23. The maximum Gasteiger partial charge on any atom is 0.326 e. The van der Waals surface area contributed by atoms with Crippen LogP contribution in [0.1, 0.15) is 12.8 Å². The van der Waals surface area contributed by atoms with Gasteiger partial charge >= 0.3 is 5.97 Å². The molecule has 0 saturated carbocycles. The molecule has 1 aromatic carbocycles. The predicted octanol–water partition coefficient (Wildman–Crippen LogP) is 0.387. The number of primary sulfonamides is 1. The van der Waals surface area contributed by atoms with Gasteiger partial charge in [-0.25, -0.2) is 18.4 Å². The van der Waals surface area contributed by atoms with E-state index in [4.69, 9.17) is 10.2 Å². The molecule has 0 amide bonds. The van der Waals surface area contributed by atoms with Crippen LogP contribution < -0.4 is 10.0 Å². The molecule has 1 atom stereocenters. The Labute approximate surface area is 105 Å². The van der Waals surface area contributed by atoms with Crippen LogP contribution in [0, 0.1) is 0 Å². The Morgan fingerprint density at radius 1 is 1.39 bits per heavy atom. The number of hydrogen-bond acceptors (Lipinski definition) is 4. The van der Waals surface area contributed by atoms with E-state index in [-0.39, 0.29) is 4.90 Å². The Balaban J connectivity index is 2.49. The van der Waals surface area contributed by atoms with E-state index in [9.17, 15) is 13.2 Å². The minimum atomic E-state index is -3.85. The molecular weight excluding hydrogens is 256 g/mol. The standard InChI is InChI=1S/C11H14N2O4S/c12-18(16,17)10-6-2-1-4-8(10)13-7-3-5-9(13)11(14)15/h1-2,4,6,9H,3,5,7H2,(H,14,15)(H2,12,16,17). The monoisotopic (exact) mass is 270 g/mol. The van der Waals surface area contributed by atoms with E-state index in [0.717, 1.165) is 6.42 Å². The lowest BCUT2D eigenvalue weighted by atomic mass is 10.2. The van der Waals surface area contributed by atoms with Crippen molar-refractivity contribution in [3.05, 3.63) is 24.3 Å². The molecule has 1 heterocycles. The number of rotatable bonds is 3. The molecule has 0 aliphatic carbocycles. The van der Waals surface area contributed by atoms with Crippen molar-refractivity contribution < 1.29 is 18.3 Å². The molecule has 1 saturated heterocycles. The summed E-state index contributed by atoms with van der Waals surface area (Å²) < 4.78 is 23.0. The second kappa shape index (κ2) is 4.58. The normalized spacial score (nSPS) is 20.1. The molecule has 1 aliphatic heterocycles. The molecule has 3 N–H and O–H groups in total. The van der Waals surface area contributed by atoms with Crippen LogP contribution in [0.15, 0.2) is 29.2 Å². The van der Waals surface area contributed by atoms with Crippen LogP contribution in [0.5, 0.6) is 0 Å². The third-order valence-corrected chi connectivity index (χ3v) is 3.98. The van der Waals surface area contributed by atoms with Gasteiger partial charge in [-0.05, 0) is 25.0 Å². The number of benzene rings is 1. The molecule has 0 bridgehead atoms. The van der Waals surface area contributed by atoms with Crippen molar-refractivity contribution in [3.63, 3.8) is 0 Å². The number of carboxylic acid groups (broad SMARTS) is 1. The molecule has 7 heteroatoms. The number of nitrogens with zero attached hydrogens (tertiary/aromatic N) is 1. The van der Waals surface area contributed by atoms with E-state index < -0.39 is 22.0 Å². The lowest BCUT2D eigenvalue weighted by Crippen LogP contribution is -2.37. The van der Waals surface area contributed by atoms with E-state index in [1.54, 1.807) is 23.1 Å². The minimum absolute atomic E-state index is 0.0295. The van der Waals surface area contributed by atoms with Crippen LogP contribution in [-0.2, 0) is 14.8 Å². The van der Waals surface area contributed by atoms with Gasteiger partial charge in [0.1, 0.15) is 10.9 Å². The number of nitrogens with two attached hydrogens (primary N) is 1. The largest absolute Gasteiger partial charge is 0.480 e. The summed E-state index contributed by atoms with van der Waals surface area (Å²) in [6, 6.07) is 5.52. The molecule has 1 unspecified atom stereocenters. The fourth-order valence-electron chi connectivity index (χ4n) is 2.25. The van der Waals surface area contributed by atoms with Gasteiger partial charge in [0.05, 0.1) is 5.69 Å². The van der Waals surface area contributed by atoms with Gasteiger partial charge in [0.2, 0.25) is 10.0 Å². The van der Waals surface area contributed by atoms with Crippen LogP contribution in [0.25, 0.3) is 0 Å². The summed E-state index contributed by atoms with van der Waals surface area (Å²) in [7, 11) is -3.85. The number of hydrogen-bond donors (Lipinski definition) is 2. The first-order chi connectivity index (χ1) is 8.41. The van der Waals surface area contributed by atoms with Gasteiger partial charge in [-0.3, -0.25) is 0 Å². The maximum atomic E-state index is 11.5. The lowest BCUT2D eigenvalue weighted by Gasteiger charge is -2.25. The number of carboxylic acids is 1. The molecule has 0 radical (unpaired) electrons. The average Bonchev–Trinajstić information content (AvgIpc) is 2.76. The van der Waals surface area contributed by atoms with Gasteiger partial charge in [-0.2, -0.15) is 0 Å². The third kappa shape index (κ3) is 2.32. The fraction of sp³-hybridized carbons (Fsp3) is 0.364. The molecule has 1 aliphatic rings. The van der Waals surface area contributed by atoms with E-state index in [1.165, 1.54) is 6.07 Å². The zero-order chi connectivity index (χ0) is 13.3. The van der Waals surface area contributed by atoms with Gasteiger partial charge in [-0.15, -0.1) is 0 Å². The molecule has 0 spiro atoms. The number of para-hydroxylation sites is 1. The summed E-state index contributed by atoms with van der Waals surface area (Å²) in [5, 5.41) is 14.3. The number of carbonyl (C=O) groups is 1. The molecule has 2 rings (SSSR count). The molecule has 1 fully saturated rings. The Morgan fingerprint density at radius 2 is 2.06 bits per heavy atom. The van der Waals surface area contributed by atoms with Crippen LogP contribution in [-0.4, -0.2) is 32.1 Å². The van der Waals surface area contributed by atoms with Crippen molar-refractivity contribution in [1.82, 2.24) is 0 Å². The first kappa shape index (κ1) is 12.8. The summed E-state index contributed by atoms with van der Waals surface area (Å²) in [6.45, 7) is 0.517. The van der Waals surface area contributed by atoms with Gasteiger partial charge in [0.15, 0.2) is 0 Å². The summed E-state index contributed by atoms with van der Waals surface area (Å²) in [5.74, 6) is -0.947. The molecular formula is C11H14N2O4S. The first-order valence-electron chi connectivity index (χ1n) is 5.52. The van der Waals surface area contributed by atoms with Crippen molar-refractivity contribution in [2.75, 3.05) is 11.4 Å². The maximum absolute atomic E-state index is 11.5. The van der Waals surface area contributed by atoms with Crippen LogP contribution >= 0.6 is 0 Å². The average molecular weight is 270 g/mol. The van der Waals surface area contributed by atoms with Crippen LogP contribution in [0.2, 0.25) is 0 Å². The van der Waals surface area contributed by atoms with Gasteiger partial charge in [0.25, 0.3) is 0 Å². The predicted molar refractivity (Wildman–Crippen MR) is 65.8 cm³/mol.